The summed E-state index contributed by atoms with van der Waals surface area (Å²) in [5, 5.41) is 0. The zero-order chi connectivity index (χ0) is 16.5. The summed E-state index contributed by atoms with van der Waals surface area (Å²) in [4.78, 5) is 24.1. The van der Waals surface area contributed by atoms with E-state index in [4.69, 9.17) is 14.2 Å². The Morgan fingerprint density at radius 1 is 0.913 bits per heavy atom. The predicted octanol–water partition coefficient (Wildman–Crippen LogP) is 3.75. The summed E-state index contributed by atoms with van der Waals surface area (Å²) in [6.45, 7) is 3.37. The van der Waals surface area contributed by atoms with E-state index in [0.717, 1.165) is 19.3 Å². The van der Waals surface area contributed by atoms with E-state index in [-0.39, 0.29) is 0 Å². The first-order chi connectivity index (χ1) is 11.2. The Bertz CT molecular complexity index is 500. The molecule has 1 heterocycles. The predicted molar refractivity (Wildman–Crippen MR) is 85.9 cm³/mol. The number of rotatable bonds is 6. The molecule has 0 saturated heterocycles. The normalized spacial score (nSPS) is 15.3. The van der Waals surface area contributed by atoms with Gasteiger partial charge in [0.1, 0.15) is 5.75 Å². The molecule has 0 aromatic heterocycles. The van der Waals surface area contributed by atoms with Crippen LogP contribution in [0.1, 0.15) is 66.2 Å². The Balaban J connectivity index is 2.11. The van der Waals surface area contributed by atoms with Crippen molar-refractivity contribution >= 4 is 11.9 Å². The molecule has 2 bridgehead atoms. The van der Waals surface area contributed by atoms with E-state index in [1.54, 1.807) is 12.1 Å². The van der Waals surface area contributed by atoms with E-state index in [9.17, 15) is 9.59 Å². The second-order valence-electron chi connectivity index (χ2n) is 5.63. The molecule has 0 saturated carbocycles. The number of cyclic esters (lactones) is 2. The first kappa shape index (κ1) is 17.3. The van der Waals surface area contributed by atoms with Crippen molar-refractivity contribution < 1.29 is 23.8 Å². The summed E-state index contributed by atoms with van der Waals surface area (Å²) >= 11 is 0. The lowest BCUT2D eigenvalue weighted by atomic mass is 10.1. The molecule has 0 aliphatic carbocycles. The Hall–Kier alpha value is -2.04. The lowest BCUT2D eigenvalue weighted by Crippen LogP contribution is -2.09. The van der Waals surface area contributed by atoms with E-state index in [1.807, 2.05) is 0 Å². The molecule has 0 unspecified atom stereocenters. The first-order valence-corrected chi connectivity index (χ1v) is 8.33. The second kappa shape index (κ2) is 9.18. The van der Waals surface area contributed by atoms with E-state index >= 15 is 0 Å². The Morgan fingerprint density at radius 2 is 1.52 bits per heavy atom. The Kier molecular flexibility index (Phi) is 6.91. The number of esters is 2. The molecular weight excluding hydrogens is 296 g/mol. The Labute approximate surface area is 136 Å². The summed E-state index contributed by atoms with van der Waals surface area (Å²) in [5.74, 6) is -0.364. The molecule has 0 N–H and O–H groups in total. The monoisotopic (exact) mass is 320 g/mol. The van der Waals surface area contributed by atoms with E-state index < -0.39 is 11.9 Å². The SMILES string of the molecule is CCCCCCOc1cc2cc(c1)C(=O)OCCCCOC2=O. The lowest BCUT2D eigenvalue weighted by Gasteiger charge is -2.10. The maximum Gasteiger partial charge on any atom is 0.338 e. The quantitative estimate of drug-likeness (QED) is 0.590. The van der Waals surface area contributed by atoms with Gasteiger partial charge in [0.05, 0.1) is 30.9 Å². The highest BCUT2D eigenvalue weighted by atomic mass is 16.5. The molecule has 2 rings (SSSR count). The topological polar surface area (TPSA) is 61.8 Å². The molecule has 1 aliphatic heterocycles. The fourth-order valence-corrected chi connectivity index (χ4v) is 2.34. The van der Waals surface area contributed by atoms with Crippen molar-refractivity contribution in [2.24, 2.45) is 0 Å². The third kappa shape index (κ3) is 5.58. The minimum Gasteiger partial charge on any atom is -0.494 e. The molecule has 0 atom stereocenters. The summed E-state index contributed by atoms with van der Waals surface area (Å²) < 4.78 is 16.1. The summed E-state index contributed by atoms with van der Waals surface area (Å²) in [6, 6.07) is 4.74. The first-order valence-electron chi connectivity index (χ1n) is 8.33. The van der Waals surface area contributed by atoms with Crippen LogP contribution in [0.4, 0.5) is 0 Å². The van der Waals surface area contributed by atoms with Crippen LogP contribution in [0.3, 0.4) is 0 Å². The van der Waals surface area contributed by atoms with Gasteiger partial charge in [-0.15, -0.1) is 0 Å². The molecule has 23 heavy (non-hydrogen) atoms. The van der Waals surface area contributed by atoms with Crippen LogP contribution >= 0.6 is 0 Å². The summed E-state index contributed by atoms with van der Waals surface area (Å²) in [6.07, 6.45) is 5.74. The minimum absolute atomic E-state index is 0.324. The van der Waals surface area contributed by atoms with E-state index in [0.29, 0.717) is 49.5 Å². The van der Waals surface area contributed by atoms with Crippen molar-refractivity contribution in [3.63, 3.8) is 0 Å². The van der Waals surface area contributed by atoms with Crippen molar-refractivity contribution in [3.05, 3.63) is 29.3 Å². The van der Waals surface area contributed by atoms with Gasteiger partial charge in [-0.1, -0.05) is 26.2 Å². The average Bonchev–Trinajstić information content (AvgIpc) is 2.58. The average molecular weight is 320 g/mol. The zero-order valence-corrected chi connectivity index (χ0v) is 13.6. The molecule has 1 aliphatic rings. The highest BCUT2D eigenvalue weighted by Crippen LogP contribution is 2.20. The number of carbonyl (C=O) groups excluding carboxylic acids is 2. The smallest absolute Gasteiger partial charge is 0.338 e. The van der Waals surface area contributed by atoms with Crippen LogP contribution in [0.5, 0.6) is 5.75 Å². The number of unbranched alkanes of at least 4 members (excludes halogenated alkanes) is 3. The third-order valence-electron chi connectivity index (χ3n) is 3.65. The number of hydrogen-bond donors (Lipinski definition) is 0. The van der Waals surface area contributed by atoms with Gasteiger partial charge in [-0.05, 0) is 37.5 Å². The van der Waals surface area contributed by atoms with Gasteiger partial charge in [0.15, 0.2) is 0 Å². The van der Waals surface area contributed by atoms with Crippen molar-refractivity contribution in [2.45, 2.75) is 45.4 Å². The van der Waals surface area contributed by atoms with Gasteiger partial charge in [-0.25, -0.2) is 9.59 Å². The zero-order valence-electron chi connectivity index (χ0n) is 13.6. The molecule has 1 aromatic rings. The van der Waals surface area contributed by atoms with Crippen LogP contribution in [0, 0.1) is 0 Å². The molecule has 0 fully saturated rings. The van der Waals surface area contributed by atoms with Crippen LogP contribution < -0.4 is 4.74 Å². The maximum absolute atomic E-state index is 12.1. The third-order valence-corrected chi connectivity index (χ3v) is 3.65. The van der Waals surface area contributed by atoms with Gasteiger partial charge >= 0.3 is 11.9 Å². The van der Waals surface area contributed by atoms with Crippen LogP contribution in [0.15, 0.2) is 18.2 Å². The van der Waals surface area contributed by atoms with Gasteiger partial charge in [0.2, 0.25) is 0 Å². The molecule has 5 heteroatoms. The van der Waals surface area contributed by atoms with Gasteiger partial charge in [-0.2, -0.15) is 0 Å². The fourth-order valence-electron chi connectivity index (χ4n) is 2.34. The molecular formula is C18H24O5. The van der Waals surface area contributed by atoms with Crippen molar-refractivity contribution in [1.29, 1.82) is 0 Å². The van der Waals surface area contributed by atoms with Crippen LogP contribution in [-0.2, 0) is 9.47 Å². The van der Waals surface area contributed by atoms with Crippen molar-refractivity contribution in [2.75, 3.05) is 19.8 Å². The molecule has 0 amide bonds. The number of benzene rings is 1. The molecule has 0 spiro atoms. The number of fused-ring (bicyclic) bond motifs is 2. The minimum atomic E-state index is -0.433. The highest BCUT2D eigenvalue weighted by molar-refractivity contribution is 5.96. The Morgan fingerprint density at radius 3 is 2.09 bits per heavy atom. The van der Waals surface area contributed by atoms with Crippen molar-refractivity contribution in [3.8, 4) is 5.75 Å². The van der Waals surface area contributed by atoms with Crippen LogP contribution in [0.25, 0.3) is 0 Å². The van der Waals surface area contributed by atoms with Gasteiger partial charge in [0.25, 0.3) is 0 Å². The molecule has 5 nitrogen and oxygen atoms in total. The molecule has 1 aromatic carbocycles. The molecule has 0 radical (unpaired) electrons. The maximum atomic E-state index is 12.1. The summed E-state index contributed by atoms with van der Waals surface area (Å²) in [7, 11) is 0. The summed E-state index contributed by atoms with van der Waals surface area (Å²) in [5.41, 5.74) is 0.648. The number of hydrogen-bond acceptors (Lipinski definition) is 5. The fraction of sp³-hybridized carbons (Fsp3) is 0.556. The lowest BCUT2D eigenvalue weighted by molar-refractivity contribution is 0.0443. The van der Waals surface area contributed by atoms with Gasteiger partial charge < -0.3 is 14.2 Å². The molecule has 126 valence electrons. The largest absolute Gasteiger partial charge is 0.494 e. The highest BCUT2D eigenvalue weighted by Gasteiger charge is 2.17. The second-order valence-corrected chi connectivity index (χ2v) is 5.63. The van der Waals surface area contributed by atoms with E-state index in [2.05, 4.69) is 6.92 Å². The van der Waals surface area contributed by atoms with Crippen LogP contribution in [0.2, 0.25) is 0 Å². The van der Waals surface area contributed by atoms with Crippen LogP contribution in [-0.4, -0.2) is 31.8 Å². The number of ether oxygens (including phenoxy) is 3. The number of carbonyl (C=O) groups is 2. The van der Waals surface area contributed by atoms with Gasteiger partial charge in [0, 0.05) is 0 Å². The standard InChI is InChI=1S/C18H24O5/c1-2-3-4-5-8-21-16-12-14-11-15(13-16)18(20)23-10-7-6-9-22-17(14)19/h11-13H,2-10H2,1H3. The van der Waals surface area contributed by atoms with Gasteiger partial charge in [-0.3, -0.25) is 0 Å². The van der Waals surface area contributed by atoms with Crippen molar-refractivity contribution in [1.82, 2.24) is 0 Å². The van der Waals surface area contributed by atoms with E-state index in [1.165, 1.54) is 12.5 Å².